The predicted molar refractivity (Wildman–Crippen MR) is 88.2 cm³/mol. The van der Waals surface area contributed by atoms with Gasteiger partial charge in [-0.2, -0.15) is 5.26 Å². The van der Waals surface area contributed by atoms with Crippen LogP contribution in [-0.2, 0) is 0 Å². The van der Waals surface area contributed by atoms with Crippen LogP contribution in [0.15, 0.2) is 41.0 Å². The van der Waals surface area contributed by atoms with E-state index in [-0.39, 0.29) is 11.3 Å². The van der Waals surface area contributed by atoms with Crippen molar-refractivity contribution in [2.75, 3.05) is 0 Å². The lowest BCUT2D eigenvalue weighted by Crippen LogP contribution is -1.89. The van der Waals surface area contributed by atoms with E-state index in [0.717, 1.165) is 4.47 Å². The third-order valence-corrected chi connectivity index (χ3v) is 3.51. The number of fused-ring (bicyclic) bond motifs is 1. The minimum Gasteiger partial charge on any atom is -0.336 e. The van der Waals surface area contributed by atoms with Gasteiger partial charge in [-0.15, -0.1) is 0 Å². The van der Waals surface area contributed by atoms with Crippen molar-refractivity contribution in [2.24, 2.45) is 0 Å². The van der Waals surface area contributed by atoms with Crippen LogP contribution in [0.3, 0.4) is 0 Å². The summed E-state index contributed by atoms with van der Waals surface area (Å²) in [6.07, 6.45) is 3.16. The molecule has 1 aromatic carbocycles. The van der Waals surface area contributed by atoms with Crippen molar-refractivity contribution in [1.82, 2.24) is 15.0 Å². The number of rotatable bonds is 3. The number of nitro groups is 1. The molecule has 0 radical (unpaired) electrons. The summed E-state index contributed by atoms with van der Waals surface area (Å²) in [4.78, 5) is 21.8. The van der Waals surface area contributed by atoms with Crippen molar-refractivity contribution < 1.29 is 4.92 Å². The zero-order chi connectivity index (χ0) is 16.4. The standard InChI is InChI=1S/C15H8BrN5O2/c16-11-6-13-15(18-8-11)20-14(19-13)10(7-17)4-9-2-1-3-12(5-9)21(22)23/h1-6,8H,(H,18,19,20)/b10-4+. The van der Waals surface area contributed by atoms with Gasteiger partial charge in [-0.05, 0) is 33.6 Å². The molecule has 3 rings (SSSR count). The van der Waals surface area contributed by atoms with Crippen LogP contribution in [0, 0.1) is 21.4 Å². The number of aromatic nitrogens is 3. The molecule has 3 aromatic rings. The van der Waals surface area contributed by atoms with Crippen LogP contribution in [0.25, 0.3) is 22.8 Å². The third-order valence-electron chi connectivity index (χ3n) is 3.07. The number of non-ortho nitro benzene ring substituents is 1. The fraction of sp³-hybridized carbons (Fsp3) is 0. The van der Waals surface area contributed by atoms with Gasteiger partial charge in [0.2, 0.25) is 0 Å². The second-order valence-corrected chi connectivity index (χ2v) is 5.55. The minimum atomic E-state index is -0.480. The summed E-state index contributed by atoms with van der Waals surface area (Å²) in [6.45, 7) is 0. The van der Waals surface area contributed by atoms with Crippen molar-refractivity contribution >= 4 is 44.4 Å². The molecule has 112 valence electrons. The van der Waals surface area contributed by atoms with E-state index in [9.17, 15) is 15.4 Å². The lowest BCUT2D eigenvalue weighted by Gasteiger charge is -1.96. The summed E-state index contributed by atoms with van der Waals surface area (Å²) < 4.78 is 0.793. The van der Waals surface area contributed by atoms with Crippen LogP contribution in [0.2, 0.25) is 0 Å². The Morgan fingerprint density at radius 1 is 1.43 bits per heavy atom. The largest absolute Gasteiger partial charge is 0.336 e. The molecule has 0 amide bonds. The van der Waals surface area contributed by atoms with Gasteiger partial charge in [0.15, 0.2) is 11.5 Å². The van der Waals surface area contributed by atoms with Crippen molar-refractivity contribution in [3.8, 4) is 6.07 Å². The highest BCUT2D eigenvalue weighted by atomic mass is 79.9. The molecule has 0 unspecified atom stereocenters. The van der Waals surface area contributed by atoms with Gasteiger partial charge in [-0.3, -0.25) is 10.1 Å². The number of allylic oxidation sites excluding steroid dienone is 1. The van der Waals surface area contributed by atoms with Gasteiger partial charge in [0.1, 0.15) is 6.07 Å². The minimum absolute atomic E-state index is 0.0359. The van der Waals surface area contributed by atoms with Crippen LogP contribution in [0.4, 0.5) is 5.69 Å². The molecular weight excluding hydrogens is 362 g/mol. The molecule has 2 aromatic heterocycles. The van der Waals surface area contributed by atoms with Crippen molar-refractivity contribution in [1.29, 1.82) is 5.26 Å². The molecule has 1 N–H and O–H groups in total. The van der Waals surface area contributed by atoms with Gasteiger partial charge >= 0.3 is 0 Å². The van der Waals surface area contributed by atoms with Gasteiger partial charge in [0, 0.05) is 22.8 Å². The number of benzene rings is 1. The SMILES string of the molecule is N#C/C(=C\c1cccc([N+](=O)[O-])c1)c1nc2ncc(Br)cc2[nH]1. The van der Waals surface area contributed by atoms with E-state index in [4.69, 9.17) is 0 Å². The molecular formula is C15H8BrN5O2. The first-order chi connectivity index (χ1) is 11.1. The number of halogens is 1. The van der Waals surface area contributed by atoms with E-state index in [1.165, 1.54) is 12.1 Å². The fourth-order valence-corrected chi connectivity index (χ4v) is 2.38. The lowest BCUT2D eigenvalue weighted by atomic mass is 10.1. The lowest BCUT2D eigenvalue weighted by molar-refractivity contribution is -0.384. The predicted octanol–water partition coefficient (Wildman–Crippen LogP) is 3.69. The van der Waals surface area contributed by atoms with E-state index < -0.39 is 4.92 Å². The Morgan fingerprint density at radius 2 is 2.26 bits per heavy atom. The number of hydrogen-bond donors (Lipinski definition) is 1. The Kier molecular flexibility index (Phi) is 3.87. The summed E-state index contributed by atoms with van der Waals surface area (Å²) in [5.41, 5.74) is 1.95. The molecule has 0 atom stereocenters. The normalized spacial score (nSPS) is 11.4. The van der Waals surface area contributed by atoms with Gasteiger partial charge in [-0.25, -0.2) is 9.97 Å². The number of nitrogens with one attached hydrogen (secondary N) is 1. The van der Waals surface area contributed by atoms with Crippen LogP contribution in [-0.4, -0.2) is 19.9 Å². The number of pyridine rings is 1. The van der Waals surface area contributed by atoms with Crippen LogP contribution in [0.5, 0.6) is 0 Å². The second kappa shape index (κ2) is 5.98. The number of H-pyrrole nitrogens is 1. The number of nitrogens with zero attached hydrogens (tertiary/aromatic N) is 4. The van der Waals surface area contributed by atoms with E-state index in [1.54, 1.807) is 30.5 Å². The molecule has 0 aliphatic heterocycles. The quantitative estimate of drug-likeness (QED) is 0.430. The van der Waals surface area contributed by atoms with Crippen LogP contribution >= 0.6 is 15.9 Å². The summed E-state index contributed by atoms with van der Waals surface area (Å²) in [6, 6.07) is 9.90. The summed E-state index contributed by atoms with van der Waals surface area (Å²) >= 11 is 3.32. The average Bonchev–Trinajstić information content (AvgIpc) is 2.95. The van der Waals surface area contributed by atoms with E-state index in [1.807, 2.05) is 6.07 Å². The zero-order valence-electron chi connectivity index (χ0n) is 11.5. The van der Waals surface area contributed by atoms with Crippen LogP contribution < -0.4 is 0 Å². The van der Waals surface area contributed by atoms with Gasteiger partial charge < -0.3 is 4.98 Å². The Hall–Kier alpha value is -3.05. The molecule has 0 spiro atoms. The van der Waals surface area contributed by atoms with Crippen molar-refractivity contribution in [3.05, 3.63) is 62.5 Å². The van der Waals surface area contributed by atoms with E-state index >= 15 is 0 Å². The Balaban J connectivity index is 2.05. The number of nitro benzene ring substituents is 1. The Bertz CT molecular complexity index is 987. The smallest absolute Gasteiger partial charge is 0.270 e. The Morgan fingerprint density at radius 3 is 3.00 bits per heavy atom. The third kappa shape index (κ3) is 3.09. The number of hydrogen-bond acceptors (Lipinski definition) is 5. The summed E-state index contributed by atoms with van der Waals surface area (Å²) in [5, 5.41) is 20.2. The maximum absolute atomic E-state index is 10.8. The van der Waals surface area contributed by atoms with Gasteiger partial charge in [-0.1, -0.05) is 12.1 Å². The van der Waals surface area contributed by atoms with Gasteiger partial charge in [0.25, 0.3) is 5.69 Å². The zero-order valence-corrected chi connectivity index (χ0v) is 13.1. The summed E-state index contributed by atoms with van der Waals surface area (Å²) in [5.74, 6) is 0.361. The number of imidazole rings is 1. The highest BCUT2D eigenvalue weighted by Crippen LogP contribution is 2.22. The monoisotopic (exact) mass is 369 g/mol. The molecule has 0 aliphatic carbocycles. The molecule has 0 saturated carbocycles. The highest BCUT2D eigenvalue weighted by molar-refractivity contribution is 9.10. The molecule has 23 heavy (non-hydrogen) atoms. The van der Waals surface area contributed by atoms with Crippen LogP contribution in [0.1, 0.15) is 11.4 Å². The maximum atomic E-state index is 10.8. The molecule has 7 nitrogen and oxygen atoms in total. The molecule has 0 aliphatic rings. The molecule has 0 saturated heterocycles. The second-order valence-electron chi connectivity index (χ2n) is 4.63. The first-order valence-corrected chi connectivity index (χ1v) is 7.24. The van der Waals surface area contributed by atoms with Gasteiger partial charge in [0.05, 0.1) is 16.0 Å². The fourth-order valence-electron chi connectivity index (χ4n) is 2.05. The molecule has 0 fully saturated rings. The van der Waals surface area contributed by atoms with Crippen molar-refractivity contribution in [2.45, 2.75) is 0 Å². The number of aromatic amines is 1. The molecule has 0 bridgehead atoms. The van der Waals surface area contributed by atoms with E-state index in [2.05, 4.69) is 30.9 Å². The first kappa shape index (κ1) is 14.9. The molecule has 2 heterocycles. The van der Waals surface area contributed by atoms with Crippen molar-refractivity contribution in [3.63, 3.8) is 0 Å². The average molecular weight is 370 g/mol. The summed E-state index contributed by atoms with van der Waals surface area (Å²) in [7, 11) is 0. The highest BCUT2D eigenvalue weighted by Gasteiger charge is 2.10. The van der Waals surface area contributed by atoms with E-state index in [0.29, 0.717) is 22.6 Å². The maximum Gasteiger partial charge on any atom is 0.270 e. The Labute approximate surface area is 138 Å². The topological polar surface area (TPSA) is 108 Å². The molecule has 8 heteroatoms. The number of nitriles is 1. The first-order valence-electron chi connectivity index (χ1n) is 6.45.